The lowest BCUT2D eigenvalue weighted by Gasteiger charge is -2.14. The second kappa shape index (κ2) is 12.0. The number of benzene rings is 1. The number of rotatable bonds is 10. The average Bonchev–Trinajstić information content (AvgIpc) is 3.16. The number of carboxylic acids is 1. The van der Waals surface area contributed by atoms with E-state index in [-0.39, 0.29) is 25.4 Å². The zero-order valence-corrected chi connectivity index (χ0v) is 20.7. The average molecular weight is 504 g/mol. The van der Waals surface area contributed by atoms with Crippen molar-refractivity contribution in [2.24, 2.45) is 0 Å². The van der Waals surface area contributed by atoms with Crippen LogP contribution in [0.25, 0.3) is 0 Å². The van der Waals surface area contributed by atoms with Crippen LogP contribution in [0.15, 0.2) is 29.2 Å². The number of carbonyl (C=O) groups excluding carboxylic acids is 4. The number of hydrogen-bond donors (Lipinski definition) is 2. The van der Waals surface area contributed by atoms with Crippen LogP contribution in [0.1, 0.15) is 60.3 Å². The summed E-state index contributed by atoms with van der Waals surface area (Å²) in [4.78, 5) is 49.9. The number of thiophene rings is 1. The van der Waals surface area contributed by atoms with Gasteiger partial charge in [-0.25, -0.2) is 4.79 Å². The highest BCUT2D eigenvalue weighted by atomic mass is 32.2. The fourth-order valence-corrected chi connectivity index (χ4v) is 5.84. The first-order chi connectivity index (χ1) is 16.3. The Labute approximate surface area is 206 Å². The van der Waals surface area contributed by atoms with E-state index in [4.69, 9.17) is 4.74 Å². The van der Waals surface area contributed by atoms with E-state index in [9.17, 15) is 24.3 Å². The Hall–Kier alpha value is -2.85. The third kappa shape index (κ3) is 6.83. The van der Waals surface area contributed by atoms with Crippen LogP contribution in [0, 0.1) is 0 Å². The topological polar surface area (TPSA) is 125 Å². The number of amides is 2. The first kappa shape index (κ1) is 25.8. The molecule has 8 nitrogen and oxygen atoms in total. The predicted molar refractivity (Wildman–Crippen MR) is 130 cm³/mol. The van der Waals surface area contributed by atoms with Gasteiger partial charge in [0.1, 0.15) is 5.00 Å². The molecular formula is C24H27N2O6S2-. The standard InChI is InChI=1S/C24H28N2O6S2/c1-3-32-24(31)21-17-9-4-5-10-18(17)34-23(21)26-22(30)14(2)33-16-8-6-7-15(13-16)25-19(27)11-12-20(28)29/h6-8,13-14H,3-5,9-12H2,1-2H3,(H,25,27)(H,26,30)(H,28,29)/p-1. The van der Waals surface area contributed by atoms with E-state index in [1.165, 1.54) is 23.1 Å². The molecule has 182 valence electrons. The molecule has 2 amide bonds. The van der Waals surface area contributed by atoms with E-state index in [1.54, 1.807) is 32.0 Å². The Morgan fingerprint density at radius 3 is 2.65 bits per heavy atom. The molecule has 1 aliphatic carbocycles. The number of thioether (sulfide) groups is 1. The van der Waals surface area contributed by atoms with Crippen molar-refractivity contribution in [3.63, 3.8) is 0 Å². The molecule has 0 radical (unpaired) electrons. The number of ether oxygens (including phenoxy) is 1. The van der Waals surface area contributed by atoms with Crippen LogP contribution in [0.5, 0.6) is 0 Å². The minimum Gasteiger partial charge on any atom is -0.550 e. The summed E-state index contributed by atoms with van der Waals surface area (Å²) in [5.41, 5.74) is 1.98. The summed E-state index contributed by atoms with van der Waals surface area (Å²) in [6.45, 7) is 3.79. The highest BCUT2D eigenvalue weighted by Crippen LogP contribution is 2.39. The predicted octanol–water partition coefficient (Wildman–Crippen LogP) is 3.39. The molecule has 0 spiro atoms. The molecule has 0 fully saturated rings. The van der Waals surface area contributed by atoms with Crippen LogP contribution >= 0.6 is 23.1 Å². The van der Waals surface area contributed by atoms with Crippen LogP contribution in [-0.4, -0.2) is 35.6 Å². The molecule has 1 aromatic carbocycles. The van der Waals surface area contributed by atoms with Crippen LogP contribution < -0.4 is 15.7 Å². The summed E-state index contributed by atoms with van der Waals surface area (Å²) in [5.74, 6) is -2.35. The summed E-state index contributed by atoms with van der Waals surface area (Å²) in [6.07, 6.45) is 3.25. The van der Waals surface area contributed by atoms with E-state index in [0.29, 0.717) is 16.3 Å². The van der Waals surface area contributed by atoms with Crippen molar-refractivity contribution in [1.29, 1.82) is 0 Å². The van der Waals surface area contributed by atoms with Gasteiger partial charge in [-0.3, -0.25) is 9.59 Å². The normalized spacial score (nSPS) is 13.5. The lowest BCUT2D eigenvalue weighted by atomic mass is 9.95. The number of aryl methyl sites for hydroxylation is 1. The third-order valence-electron chi connectivity index (χ3n) is 5.24. The maximum atomic E-state index is 13.0. The second-order valence-corrected chi connectivity index (χ2v) is 10.4. The van der Waals surface area contributed by atoms with Crippen LogP contribution in [0.3, 0.4) is 0 Å². The van der Waals surface area contributed by atoms with Gasteiger partial charge in [-0.05, 0) is 69.7 Å². The Morgan fingerprint density at radius 2 is 1.91 bits per heavy atom. The Balaban J connectivity index is 1.67. The summed E-state index contributed by atoms with van der Waals surface area (Å²) >= 11 is 2.76. The van der Waals surface area contributed by atoms with Gasteiger partial charge in [0, 0.05) is 27.9 Å². The molecular weight excluding hydrogens is 476 g/mol. The van der Waals surface area contributed by atoms with Gasteiger partial charge in [-0.2, -0.15) is 0 Å². The minimum absolute atomic E-state index is 0.175. The highest BCUT2D eigenvalue weighted by Gasteiger charge is 2.28. The van der Waals surface area contributed by atoms with E-state index in [2.05, 4.69) is 10.6 Å². The fourth-order valence-electron chi connectivity index (χ4n) is 3.63. The number of esters is 1. The zero-order valence-electron chi connectivity index (χ0n) is 19.1. The minimum atomic E-state index is -1.28. The van der Waals surface area contributed by atoms with Gasteiger partial charge in [-0.15, -0.1) is 23.1 Å². The van der Waals surface area contributed by atoms with E-state index < -0.39 is 23.1 Å². The molecule has 0 bridgehead atoms. The largest absolute Gasteiger partial charge is 0.550 e. The molecule has 1 heterocycles. The number of nitrogens with one attached hydrogen (secondary N) is 2. The fraction of sp³-hybridized carbons (Fsp3) is 0.417. The van der Waals surface area contributed by atoms with Crippen molar-refractivity contribution in [2.75, 3.05) is 17.2 Å². The molecule has 1 aromatic heterocycles. The monoisotopic (exact) mass is 503 g/mol. The van der Waals surface area contributed by atoms with Gasteiger partial charge in [0.2, 0.25) is 11.8 Å². The van der Waals surface area contributed by atoms with Crippen LogP contribution in [0.2, 0.25) is 0 Å². The number of carboxylic acid groups (broad SMARTS) is 1. The van der Waals surface area contributed by atoms with Gasteiger partial charge in [0.05, 0.1) is 17.4 Å². The Morgan fingerprint density at radius 1 is 1.15 bits per heavy atom. The SMILES string of the molecule is CCOC(=O)c1c(NC(=O)C(C)Sc2cccc(NC(=O)CCC(=O)[O-])c2)sc2c1CCCC2. The lowest BCUT2D eigenvalue weighted by Crippen LogP contribution is -2.24. The van der Waals surface area contributed by atoms with Crippen molar-refractivity contribution < 1.29 is 29.0 Å². The number of aliphatic carboxylic acids is 1. The molecule has 0 aliphatic heterocycles. The number of anilines is 2. The third-order valence-corrected chi connectivity index (χ3v) is 7.54. The van der Waals surface area contributed by atoms with E-state index in [0.717, 1.165) is 41.0 Å². The molecule has 0 saturated carbocycles. The van der Waals surface area contributed by atoms with Crippen LogP contribution in [0.4, 0.5) is 10.7 Å². The zero-order chi connectivity index (χ0) is 24.7. The lowest BCUT2D eigenvalue weighted by molar-refractivity contribution is -0.305. The van der Waals surface area contributed by atoms with Gasteiger partial charge >= 0.3 is 5.97 Å². The molecule has 34 heavy (non-hydrogen) atoms. The van der Waals surface area contributed by atoms with Crippen molar-refractivity contribution in [2.45, 2.75) is 62.5 Å². The van der Waals surface area contributed by atoms with Gasteiger partial charge in [-0.1, -0.05) is 6.07 Å². The number of fused-ring (bicyclic) bond motifs is 1. The van der Waals surface area contributed by atoms with E-state index >= 15 is 0 Å². The first-order valence-electron chi connectivity index (χ1n) is 11.2. The quantitative estimate of drug-likeness (QED) is 0.376. The van der Waals surface area contributed by atoms with Crippen molar-refractivity contribution in [1.82, 2.24) is 0 Å². The smallest absolute Gasteiger partial charge is 0.341 e. The summed E-state index contributed by atoms with van der Waals surface area (Å²) in [7, 11) is 0. The first-order valence-corrected chi connectivity index (χ1v) is 12.9. The molecule has 1 unspecified atom stereocenters. The van der Waals surface area contributed by atoms with Crippen molar-refractivity contribution in [3.05, 3.63) is 40.3 Å². The molecule has 0 saturated heterocycles. The van der Waals surface area contributed by atoms with Crippen LogP contribution in [-0.2, 0) is 32.0 Å². The summed E-state index contributed by atoms with van der Waals surface area (Å²) < 4.78 is 5.25. The van der Waals surface area contributed by atoms with Gasteiger partial charge in [0.15, 0.2) is 0 Å². The highest BCUT2D eigenvalue weighted by molar-refractivity contribution is 8.00. The number of carbonyl (C=O) groups is 4. The number of hydrogen-bond acceptors (Lipinski definition) is 8. The maximum absolute atomic E-state index is 13.0. The Kier molecular flexibility index (Phi) is 9.12. The van der Waals surface area contributed by atoms with Crippen molar-refractivity contribution in [3.8, 4) is 0 Å². The van der Waals surface area contributed by atoms with Crippen molar-refractivity contribution >= 4 is 57.5 Å². The molecule has 10 heteroatoms. The van der Waals surface area contributed by atoms with Gasteiger partial charge < -0.3 is 25.3 Å². The molecule has 1 atom stereocenters. The molecule has 2 N–H and O–H groups in total. The Bertz CT molecular complexity index is 1080. The summed E-state index contributed by atoms with van der Waals surface area (Å²) in [5, 5.41) is 16.2. The molecule has 3 rings (SSSR count). The second-order valence-electron chi connectivity index (χ2n) is 7.83. The van der Waals surface area contributed by atoms with Gasteiger partial charge in [0.25, 0.3) is 0 Å². The molecule has 1 aliphatic rings. The molecule has 2 aromatic rings. The summed E-state index contributed by atoms with van der Waals surface area (Å²) in [6, 6.07) is 6.97. The van der Waals surface area contributed by atoms with E-state index in [1.807, 2.05) is 6.07 Å². The maximum Gasteiger partial charge on any atom is 0.341 e.